The van der Waals surface area contributed by atoms with E-state index in [-0.39, 0.29) is 6.10 Å². The van der Waals surface area contributed by atoms with Crippen LogP contribution in [0, 0.1) is 0 Å². The molecule has 0 spiro atoms. The Morgan fingerprint density at radius 2 is 2.29 bits per heavy atom. The largest absolute Gasteiger partial charge is 0.496 e. The van der Waals surface area contributed by atoms with E-state index in [9.17, 15) is 0 Å². The highest BCUT2D eigenvalue weighted by molar-refractivity contribution is 5.78. The van der Waals surface area contributed by atoms with E-state index in [2.05, 4.69) is 4.99 Å². The zero-order valence-corrected chi connectivity index (χ0v) is 10.1. The lowest BCUT2D eigenvalue weighted by Gasteiger charge is -2.14. The van der Waals surface area contributed by atoms with Crippen LogP contribution in [0.2, 0.25) is 0 Å². The molecule has 1 unspecified atom stereocenters. The average Bonchev–Trinajstić information content (AvgIpc) is 2.85. The summed E-state index contributed by atoms with van der Waals surface area (Å²) in [6, 6.07) is 7.90. The Morgan fingerprint density at radius 3 is 3.06 bits per heavy atom. The summed E-state index contributed by atoms with van der Waals surface area (Å²) in [6.07, 6.45) is 1.72. The minimum Gasteiger partial charge on any atom is -0.496 e. The van der Waals surface area contributed by atoms with Crippen molar-refractivity contribution in [3.05, 3.63) is 29.8 Å². The number of methoxy groups -OCH3 is 1. The lowest BCUT2D eigenvalue weighted by molar-refractivity contribution is 0.217. The normalized spacial score (nSPS) is 18.7. The fourth-order valence-corrected chi connectivity index (χ4v) is 1.91. The third kappa shape index (κ3) is 2.77. The molecule has 0 aromatic heterocycles. The van der Waals surface area contributed by atoms with Crippen molar-refractivity contribution in [2.75, 3.05) is 20.2 Å². The number of para-hydroxylation sites is 1. The van der Waals surface area contributed by atoms with Crippen LogP contribution in [0.1, 0.15) is 24.5 Å². The molecule has 0 saturated carbocycles. The molecule has 1 aromatic rings. The molecule has 4 nitrogen and oxygen atoms in total. The maximum Gasteiger partial charge on any atom is 0.184 e. The smallest absolute Gasteiger partial charge is 0.184 e. The number of nitrogens with zero attached hydrogens (tertiary/aromatic N) is 1. The molecule has 0 fully saturated rings. The zero-order valence-electron chi connectivity index (χ0n) is 10.1. The quantitative estimate of drug-likeness (QED) is 0.846. The van der Waals surface area contributed by atoms with Crippen LogP contribution in [0.4, 0.5) is 0 Å². The van der Waals surface area contributed by atoms with Crippen molar-refractivity contribution in [3.8, 4) is 5.75 Å². The van der Waals surface area contributed by atoms with Crippen molar-refractivity contribution in [3.63, 3.8) is 0 Å². The van der Waals surface area contributed by atoms with E-state index in [4.69, 9.17) is 15.2 Å². The van der Waals surface area contributed by atoms with Crippen LogP contribution >= 0.6 is 0 Å². The molecular weight excluding hydrogens is 216 g/mol. The summed E-state index contributed by atoms with van der Waals surface area (Å²) in [7, 11) is 1.67. The van der Waals surface area contributed by atoms with Crippen molar-refractivity contribution in [1.82, 2.24) is 0 Å². The van der Waals surface area contributed by atoms with Gasteiger partial charge in [-0.15, -0.1) is 0 Å². The third-order valence-corrected chi connectivity index (χ3v) is 2.79. The van der Waals surface area contributed by atoms with Crippen molar-refractivity contribution < 1.29 is 9.47 Å². The van der Waals surface area contributed by atoms with Crippen LogP contribution in [-0.2, 0) is 4.74 Å². The summed E-state index contributed by atoms with van der Waals surface area (Å²) in [5.74, 6) is 1.67. The van der Waals surface area contributed by atoms with Crippen molar-refractivity contribution in [2.45, 2.75) is 18.9 Å². The molecule has 1 atom stereocenters. The topological polar surface area (TPSA) is 56.8 Å². The summed E-state index contributed by atoms with van der Waals surface area (Å²) in [5.41, 5.74) is 6.52. The standard InChI is InChI=1S/C13H18N2O2/c1-16-11-6-3-2-5-10(11)12-9-15-13(17-12)7-4-8-14/h2-3,5-6,12H,4,7-9,14H2,1H3. The third-order valence-electron chi connectivity index (χ3n) is 2.79. The molecule has 4 heteroatoms. The molecular formula is C13H18N2O2. The van der Waals surface area contributed by atoms with Gasteiger partial charge in [0.25, 0.3) is 0 Å². The number of benzene rings is 1. The minimum absolute atomic E-state index is 0.0149. The second-order valence-electron chi connectivity index (χ2n) is 3.98. The van der Waals surface area contributed by atoms with Gasteiger partial charge < -0.3 is 15.2 Å². The Morgan fingerprint density at radius 1 is 1.47 bits per heavy atom. The Balaban J connectivity index is 2.02. The van der Waals surface area contributed by atoms with Crippen LogP contribution in [-0.4, -0.2) is 26.1 Å². The Bertz CT molecular complexity index is 404. The summed E-state index contributed by atoms with van der Waals surface area (Å²) < 4.78 is 11.1. The molecule has 0 bridgehead atoms. The number of nitrogens with two attached hydrogens (primary N) is 1. The number of hydrogen-bond acceptors (Lipinski definition) is 4. The van der Waals surface area contributed by atoms with Gasteiger partial charge in [0, 0.05) is 12.0 Å². The van der Waals surface area contributed by atoms with E-state index in [0.29, 0.717) is 13.1 Å². The Labute approximate surface area is 101 Å². The molecule has 92 valence electrons. The minimum atomic E-state index is -0.0149. The first-order valence-corrected chi connectivity index (χ1v) is 5.88. The van der Waals surface area contributed by atoms with E-state index >= 15 is 0 Å². The van der Waals surface area contributed by atoms with Gasteiger partial charge in [-0.2, -0.15) is 0 Å². The van der Waals surface area contributed by atoms with Gasteiger partial charge in [-0.25, -0.2) is 0 Å². The SMILES string of the molecule is COc1ccccc1C1CN=C(CCCN)O1. The lowest BCUT2D eigenvalue weighted by Crippen LogP contribution is -2.08. The number of ether oxygens (including phenoxy) is 2. The van der Waals surface area contributed by atoms with E-state index in [0.717, 1.165) is 30.1 Å². The molecule has 1 heterocycles. The van der Waals surface area contributed by atoms with Gasteiger partial charge in [0.05, 0.1) is 13.7 Å². The highest BCUT2D eigenvalue weighted by atomic mass is 16.5. The molecule has 0 aliphatic carbocycles. The molecule has 2 rings (SSSR count). The summed E-state index contributed by atoms with van der Waals surface area (Å²) in [6.45, 7) is 1.34. The average molecular weight is 234 g/mol. The molecule has 0 saturated heterocycles. The Hall–Kier alpha value is -1.55. The van der Waals surface area contributed by atoms with Gasteiger partial charge in [0.2, 0.25) is 0 Å². The van der Waals surface area contributed by atoms with Gasteiger partial charge in [-0.3, -0.25) is 4.99 Å². The lowest BCUT2D eigenvalue weighted by atomic mass is 10.1. The Kier molecular flexibility index (Phi) is 3.98. The number of rotatable bonds is 5. The van der Waals surface area contributed by atoms with Crippen LogP contribution in [0.5, 0.6) is 5.75 Å². The van der Waals surface area contributed by atoms with Crippen LogP contribution < -0.4 is 10.5 Å². The molecule has 1 aliphatic rings. The van der Waals surface area contributed by atoms with Crippen molar-refractivity contribution >= 4 is 5.90 Å². The van der Waals surface area contributed by atoms with Crippen molar-refractivity contribution in [1.29, 1.82) is 0 Å². The maximum absolute atomic E-state index is 5.81. The highest BCUT2D eigenvalue weighted by Gasteiger charge is 2.23. The second kappa shape index (κ2) is 5.68. The highest BCUT2D eigenvalue weighted by Crippen LogP contribution is 2.31. The first kappa shape index (κ1) is 11.9. The van der Waals surface area contributed by atoms with Crippen LogP contribution in [0.25, 0.3) is 0 Å². The zero-order chi connectivity index (χ0) is 12.1. The van der Waals surface area contributed by atoms with E-state index in [1.807, 2.05) is 24.3 Å². The summed E-state index contributed by atoms with van der Waals surface area (Å²) >= 11 is 0. The van der Waals surface area contributed by atoms with Gasteiger partial charge in [-0.05, 0) is 19.0 Å². The van der Waals surface area contributed by atoms with Crippen LogP contribution in [0.15, 0.2) is 29.3 Å². The number of hydrogen-bond donors (Lipinski definition) is 1. The molecule has 2 N–H and O–H groups in total. The van der Waals surface area contributed by atoms with E-state index in [1.54, 1.807) is 7.11 Å². The predicted molar refractivity (Wildman–Crippen MR) is 67.4 cm³/mol. The summed E-state index contributed by atoms with van der Waals surface area (Å²) in [4.78, 5) is 4.39. The molecule has 1 aliphatic heterocycles. The van der Waals surface area contributed by atoms with E-state index in [1.165, 1.54) is 0 Å². The predicted octanol–water partition coefficient (Wildman–Crippen LogP) is 1.90. The maximum atomic E-state index is 5.81. The first-order chi connectivity index (χ1) is 8.35. The molecule has 17 heavy (non-hydrogen) atoms. The number of aliphatic imine (C=N–C) groups is 1. The van der Waals surface area contributed by atoms with E-state index < -0.39 is 0 Å². The fraction of sp³-hybridized carbons (Fsp3) is 0.462. The monoisotopic (exact) mass is 234 g/mol. The van der Waals surface area contributed by atoms with Crippen LogP contribution in [0.3, 0.4) is 0 Å². The summed E-state index contributed by atoms with van der Waals surface area (Å²) in [5, 5.41) is 0. The van der Waals surface area contributed by atoms with Gasteiger partial charge >= 0.3 is 0 Å². The molecule has 1 aromatic carbocycles. The molecule has 0 amide bonds. The second-order valence-corrected chi connectivity index (χ2v) is 3.98. The van der Waals surface area contributed by atoms with Gasteiger partial charge in [0.1, 0.15) is 11.9 Å². The first-order valence-electron chi connectivity index (χ1n) is 5.88. The van der Waals surface area contributed by atoms with Crippen molar-refractivity contribution in [2.24, 2.45) is 10.7 Å². The van der Waals surface area contributed by atoms with Gasteiger partial charge in [-0.1, -0.05) is 18.2 Å². The fourth-order valence-electron chi connectivity index (χ4n) is 1.91. The molecule has 0 radical (unpaired) electrons. The van der Waals surface area contributed by atoms with Gasteiger partial charge in [0.15, 0.2) is 5.90 Å².